The Morgan fingerprint density at radius 2 is 2.07 bits per heavy atom. The number of carbonyl (C=O) groups excluding carboxylic acids is 1. The fourth-order valence-electron chi connectivity index (χ4n) is 2.22. The van der Waals surface area contributed by atoms with Crippen molar-refractivity contribution < 1.29 is 14.4 Å². The van der Waals surface area contributed by atoms with Gasteiger partial charge in [-0.2, -0.15) is 0 Å². The first-order valence-corrected chi connectivity index (χ1v) is 5.52. The molecule has 1 heterocycles. The van der Waals surface area contributed by atoms with Crippen LogP contribution in [0.4, 0.5) is 0 Å². The molecule has 0 aromatic rings. The van der Waals surface area contributed by atoms with Crippen molar-refractivity contribution in [2.75, 3.05) is 19.6 Å². The molecule has 15 heavy (non-hydrogen) atoms. The maximum Gasteiger partial charge on any atom is 0.242 e. The molecule has 1 aliphatic rings. The zero-order chi connectivity index (χ0) is 11.4. The number of ether oxygens (including phenoxy) is 1. The van der Waals surface area contributed by atoms with Gasteiger partial charge in [0, 0.05) is 0 Å². The van der Waals surface area contributed by atoms with E-state index in [-0.39, 0.29) is 24.0 Å². The van der Waals surface area contributed by atoms with Gasteiger partial charge in [0.2, 0.25) is 5.91 Å². The van der Waals surface area contributed by atoms with Crippen molar-refractivity contribution in [3.63, 3.8) is 0 Å². The number of carbonyl (C=O) groups is 1. The summed E-state index contributed by atoms with van der Waals surface area (Å²) in [5.74, 6) is 4.97. The summed E-state index contributed by atoms with van der Waals surface area (Å²) in [6, 6.07) is 0. The summed E-state index contributed by atoms with van der Waals surface area (Å²) < 4.78 is 5.64. The third-order valence-corrected chi connectivity index (χ3v) is 2.80. The standard InChI is InChI=1S/C10H21N3O2/c1-7(10(14)12-11)4-13-5-8(2)15-9(3)6-13/h7-9H,4-6,11H2,1-3H3,(H,12,14)/p+1/t7-,8-,9-/m1/s1. The molecule has 1 saturated heterocycles. The van der Waals surface area contributed by atoms with Crippen molar-refractivity contribution in [3.05, 3.63) is 0 Å². The molecular formula is C10H22N3O2+. The van der Waals surface area contributed by atoms with Gasteiger partial charge in [-0.25, -0.2) is 5.84 Å². The lowest BCUT2D eigenvalue weighted by molar-refractivity contribution is -0.917. The lowest BCUT2D eigenvalue weighted by atomic mass is 10.1. The Hall–Kier alpha value is -0.650. The molecule has 88 valence electrons. The smallest absolute Gasteiger partial charge is 0.242 e. The van der Waals surface area contributed by atoms with Crippen LogP contribution in [0.5, 0.6) is 0 Å². The fourth-order valence-corrected chi connectivity index (χ4v) is 2.22. The fraction of sp³-hybridized carbons (Fsp3) is 0.900. The highest BCUT2D eigenvalue weighted by Gasteiger charge is 2.28. The second kappa shape index (κ2) is 5.44. The molecule has 1 aliphatic heterocycles. The third kappa shape index (κ3) is 3.77. The number of quaternary nitrogens is 1. The SMILES string of the molecule is C[C@@H]1C[NH+](C[C@@H](C)C(=O)NN)C[C@@H](C)O1. The highest BCUT2D eigenvalue weighted by atomic mass is 16.5. The molecule has 0 radical (unpaired) electrons. The van der Waals surface area contributed by atoms with Crippen LogP contribution in [-0.2, 0) is 9.53 Å². The van der Waals surface area contributed by atoms with Gasteiger partial charge in [0.1, 0.15) is 25.3 Å². The molecule has 1 rings (SSSR count). The van der Waals surface area contributed by atoms with E-state index in [0.717, 1.165) is 19.6 Å². The molecule has 5 nitrogen and oxygen atoms in total. The summed E-state index contributed by atoms with van der Waals surface area (Å²) in [6.07, 6.45) is 0.550. The zero-order valence-corrected chi connectivity index (χ0v) is 9.75. The highest BCUT2D eigenvalue weighted by Crippen LogP contribution is 1.99. The minimum atomic E-state index is -0.0886. The van der Waals surface area contributed by atoms with Crippen LogP contribution in [0.25, 0.3) is 0 Å². The maximum absolute atomic E-state index is 11.3. The van der Waals surface area contributed by atoms with E-state index in [4.69, 9.17) is 10.6 Å². The molecule has 0 aromatic carbocycles. The van der Waals surface area contributed by atoms with E-state index >= 15 is 0 Å². The monoisotopic (exact) mass is 216 g/mol. The number of nitrogens with one attached hydrogen (secondary N) is 2. The van der Waals surface area contributed by atoms with Crippen LogP contribution >= 0.6 is 0 Å². The van der Waals surface area contributed by atoms with E-state index in [2.05, 4.69) is 19.3 Å². The Labute approximate surface area is 90.9 Å². The lowest BCUT2D eigenvalue weighted by Gasteiger charge is -2.33. The molecule has 0 aliphatic carbocycles. The summed E-state index contributed by atoms with van der Waals surface area (Å²) >= 11 is 0. The first-order chi connectivity index (χ1) is 7.02. The Kier molecular flexibility index (Phi) is 4.50. The van der Waals surface area contributed by atoms with E-state index in [1.165, 1.54) is 4.90 Å². The Bertz CT molecular complexity index is 213. The number of hydrogen-bond acceptors (Lipinski definition) is 3. The molecule has 0 bridgehead atoms. The number of hydrogen-bond donors (Lipinski definition) is 3. The largest absolute Gasteiger partial charge is 0.364 e. The summed E-state index contributed by atoms with van der Waals surface area (Å²) in [4.78, 5) is 12.7. The first-order valence-electron chi connectivity index (χ1n) is 5.52. The summed E-state index contributed by atoms with van der Waals surface area (Å²) in [6.45, 7) is 8.80. The second-order valence-corrected chi connectivity index (χ2v) is 4.53. The lowest BCUT2D eigenvalue weighted by Crippen LogP contribution is -3.16. The number of rotatable bonds is 3. The Morgan fingerprint density at radius 1 is 1.53 bits per heavy atom. The van der Waals surface area contributed by atoms with Gasteiger partial charge in [0.05, 0.1) is 12.5 Å². The van der Waals surface area contributed by atoms with E-state index in [0.29, 0.717) is 0 Å². The van der Waals surface area contributed by atoms with E-state index in [9.17, 15) is 4.79 Å². The second-order valence-electron chi connectivity index (χ2n) is 4.53. The molecule has 3 atom stereocenters. The van der Waals surface area contributed by atoms with Crippen LogP contribution < -0.4 is 16.2 Å². The van der Waals surface area contributed by atoms with Gasteiger partial charge in [0.15, 0.2) is 0 Å². The first kappa shape index (κ1) is 12.4. The van der Waals surface area contributed by atoms with Gasteiger partial charge in [-0.05, 0) is 20.8 Å². The quantitative estimate of drug-likeness (QED) is 0.299. The third-order valence-electron chi connectivity index (χ3n) is 2.80. The van der Waals surface area contributed by atoms with Gasteiger partial charge in [-0.15, -0.1) is 0 Å². The average molecular weight is 216 g/mol. The molecule has 0 saturated carbocycles. The summed E-state index contributed by atoms with van der Waals surface area (Å²) in [7, 11) is 0. The van der Waals surface area contributed by atoms with Gasteiger partial charge in [-0.3, -0.25) is 10.2 Å². The number of morpholine rings is 1. The average Bonchev–Trinajstić information content (AvgIpc) is 2.14. The van der Waals surface area contributed by atoms with Crippen molar-refractivity contribution in [2.24, 2.45) is 11.8 Å². The van der Waals surface area contributed by atoms with Crippen molar-refractivity contribution in [3.8, 4) is 0 Å². The molecule has 0 spiro atoms. The normalized spacial score (nSPS) is 33.5. The molecular weight excluding hydrogens is 194 g/mol. The molecule has 0 unspecified atom stereocenters. The topological polar surface area (TPSA) is 68.8 Å². The molecule has 1 amide bonds. The van der Waals surface area contributed by atoms with E-state index in [1.54, 1.807) is 0 Å². The van der Waals surface area contributed by atoms with E-state index in [1.807, 2.05) is 6.92 Å². The van der Waals surface area contributed by atoms with Gasteiger partial charge in [0.25, 0.3) is 0 Å². The number of nitrogens with two attached hydrogens (primary N) is 1. The van der Waals surface area contributed by atoms with Crippen molar-refractivity contribution >= 4 is 5.91 Å². The van der Waals surface area contributed by atoms with Crippen LogP contribution in [0, 0.1) is 5.92 Å². The predicted molar refractivity (Wildman–Crippen MR) is 57.1 cm³/mol. The molecule has 4 N–H and O–H groups in total. The van der Waals surface area contributed by atoms with Crippen LogP contribution in [0.15, 0.2) is 0 Å². The van der Waals surface area contributed by atoms with Crippen molar-refractivity contribution in [1.82, 2.24) is 5.43 Å². The zero-order valence-electron chi connectivity index (χ0n) is 9.75. The summed E-state index contributed by atoms with van der Waals surface area (Å²) in [5.41, 5.74) is 2.19. The van der Waals surface area contributed by atoms with Crippen LogP contribution in [0.3, 0.4) is 0 Å². The van der Waals surface area contributed by atoms with Crippen LogP contribution in [0.1, 0.15) is 20.8 Å². The molecule has 0 aromatic heterocycles. The van der Waals surface area contributed by atoms with Crippen molar-refractivity contribution in [2.45, 2.75) is 33.0 Å². The van der Waals surface area contributed by atoms with Crippen molar-refractivity contribution in [1.29, 1.82) is 0 Å². The highest BCUT2D eigenvalue weighted by molar-refractivity contribution is 5.77. The number of amides is 1. The van der Waals surface area contributed by atoms with Gasteiger partial charge >= 0.3 is 0 Å². The van der Waals surface area contributed by atoms with Gasteiger partial charge < -0.3 is 9.64 Å². The van der Waals surface area contributed by atoms with Crippen LogP contribution in [-0.4, -0.2) is 37.7 Å². The maximum atomic E-state index is 11.3. The Morgan fingerprint density at radius 3 is 2.53 bits per heavy atom. The number of hydrazine groups is 1. The Balaban J connectivity index is 2.40. The minimum absolute atomic E-state index is 0.0394. The van der Waals surface area contributed by atoms with Crippen LogP contribution in [0.2, 0.25) is 0 Å². The predicted octanol–water partition coefficient (Wildman–Crippen LogP) is -1.70. The minimum Gasteiger partial charge on any atom is -0.364 e. The molecule has 5 heteroatoms. The van der Waals surface area contributed by atoms with E-state index < -0.39 is 0 Å². The van der Waals surface area contributed by atoms with Gasteiger partial charge in [-0.1, -0.05) is 0 Å². The molecule has 1 fully saturated rings. The summed E-state index contributed by atoms with van der Waals surface area (Å²) in [5, 5.41) is 0.